The summed E-state index contributed by atoms with van der Waals surface area (Å²) < 4.78 is 7.77. The summed E-state index contributed by atoms with van der Waals surface area (Å²) in [7, 11) is 1.45. The minimum atomic E-state index is -1.45. The van der Waals surface area contributed by atoms with Gasteiger partial charge < -0.3 is 30.4 Å². The average molecular weight is 537 g/mol. The van der Waals surface area contributed by atoms with Gasteiger partial charge in [-0.25, -0.2) is 4.79 Å². The molecule has 0 aromatic carbocycles. The SMILES string of the molecule is CCC(I)(CC)C1[C@H]2OC(c3cn(C)c(=O)n(CCC(N)C(=O)O)c3=O)[C@H](O)[C@@]12O. The minimum absolute atomic E-state index is 0.0416. The highest BCUT2D eigenvalue weighted by Gasteiger charge is 2.80. The first kappa shape index (κ1) is 23.4. The fourth-order valence-electron chi connectivity index (χ4n) is 4.53. The third-order valence-electron chi connectivity index (χ3n) is 6.58. The number of carbonyl (C=O) groups is 1. The number of fused-ring (bicyclic) bond motifs is 1. The van der Waals surface area contributed by atoms with E-state index in [-0.39, 0.29) is 27.9 Å². The largest absolute Gasteiger partial charge is 0.480 e. The van der Waals surface area contributed by atoms with Crippen molar-refractivity contribution in [2.75, 3.05) is 0 Å². The summed E-state index contributed by atoms with van der Waals surface area (Å²) in [5.41, 5.74) is 2.77. The number of nitrogens with two attached hydrogens (primary N) is 1. The number of hydrogen-bond donors (Lipinski definition) is 4. The molecule has 11 heteroatoms. The van der Waals surface area contributed by atoms with Crippen LogP contribution in [-0.4, -0.2) is 57.7 Å². The average Bonchev–Trinajstić information content (AvgIpc) is 3.24. The Morgan fingerprint density at radius 1 is 1.40 bits per heavy atom. The van der Waals surface area contributed by atoms with Gasteiger partial charge in [0.2, 0.25) is 0 Å². The van der Waals surface area contributed by atoms with Gasteiger partial charge in [0.15, 0.2) is 0 Å². The van der Waals surface area contributed by atoms with Crippen molar-refractivity contribution in [3.63, 3.8) is 0 Å². The lowest BCUT2D eigenvalue weighted by atomic mass is 9.90. The van der Waals surface area contributed by atoms with Crippen molar-refractivity contribution in [3.05, 3.63) is 32.6 Å². The molecule has 1 aliphatic heterocycles. The van der Waals surface area contributed by atoms with Crippen molar-refractivity contribution < 1.29 is 24.9 Å². The third kappa shape index (κ3) is 3.44. The molecule has 5 N–H and O–H groups in total. The van der Waals surface area contributed by atoms with Crippen LogP contribution in [0.3, 0.4) is 0 Å². The van der Waals surface area contributed by atoms with Gasteiger partial charge in [0.05, 0.1) is 11.7 Å². The molecule has 30 heavy (non-hydrogen) atoms. The lowest BCUT2D eigenvalue weighted by Crippen LogP contribution is -2.45. The van der Waals surface area contributed by atoms with E-state index in [1.807, 2.05) is 13.8 Å². The fraction of sp³-hybridized carbons (Fsp3) is 0.737. The molecule has 2 fully saturated rings. The Labute approximate surface area is 186 Å². The number of carboxylic acid groups (broad SMARTS) is 1. The van der Waals surface area contributed by atoms with Crippen LogP contribution >= 0.6 is 22.6 Å². The van der Waals surface area contributed by atoms with Gasteiger partial charge in [-0.1, -0.05) is 36.4 Å². The number of rotatable bonds is 8. The van der Waals surface area contributed by atoms with Crippen LogP contribution in [0.2, 0.25) is 0 Å². The first-order valence-corrected chi connectivity index (χ1v) is 11.0. The van der Waals surface area contributed by atoms with Crippen LogP contribution in [0.5, 0.6) is 0 Å². The Bertz CT molecular complexity index is 956. The molecular weight excluding hydrogens is 509 g/mol. The van der Waals surface area contributed by atoms with E-state index in [0.29, 0.717) is 0 Å². The van der Waals surface area contributed by atoms with Gasteiger partial charge in [-0.15, -0.1) is 0 Å². The molecule has 1 saturated heterocycles. The number of aliphatic carboxylic acids is 1. The molecule has 2 heterocycles. The highest BCUT2D eigenvalue weighted by atomic mass is 127. The second-order valence-corrected chi connectivity index (χ2v) is 10.3. The van der Waals surface area contributed by atoms with E-state index in [9.17, 15) is 24.6 Å². The number of carboxylic acids is 1. The number of halogens is 1. The standard InChI is InChI=1S/C19H28IN3O7/c1-4-18(20,5-2)12-14-19(12,29)13(24)11(30-14)9-8-22(3)17(28)23(15(9)25)7-6-10(21)16(26)27/h8,10-14,24,29H,4-7,21H2,1-3H3,(H,26,27)/t10?,11?,12?,13-,14+,19-/m0/s1. The Balaban J connectivity index is 1.91. The lowest BCUT2D eigenvalue weighted by molar-refractivity contribution is -0.138. The number of alkyl halides is 1. The van der Waals surface area contributed by atoms with Crippen LogP contribution in [0.15, 0.2) is 15.8 Å². The molecule has 0 amide bonds. The molecule has 3 rings (SSSR count). The minimum Gasteiger partial charge on any atom is -0.480 e. The molecule has 1 aliphatic carbocycles. The van der Waals surface area contributed by atoms with Crippen LogP contribution in [0, 0.1) is 5.92 Å². The summed E-state index contributed by atoms with van der Waals surface area (Å²) in [5, 5.41) is 30.9. The monoisotopic (exact) mass is 537 g/mol. The molecule has 6 atom stereocenters. The number of hydrogen-bond acceptors (Lipinski definition) is 7. The highest BCUT2D eigenvalue weighted by molar-refractivity contribution is 14.1. The van der Waals surface area contributed by atoms with E-state index in [1.54, 1.807) is 0 Å². The van der Waals surface area contributed by atoms with Crippen molar-refractivity contribution in [2.24, 2.45) is 18.7 Å². The van der Waals surface area contributed by atoms with Crippen molar-refractivity contribution in [3.8, 4) is 0 Å². The van der Waals surface area contributed by atoms with Crippen LogP contribution < -0.4 is 17.0 Å². The van der Waals surface area contributed by atoms with Gasteiger partial charge in [-0.2, -0.15) is 0 Å². The first-order valence-electron chi connectivity index (χ1n) is 9.97. The molecule has 1 aromatic heterocycles. The predicted octanol–water partition coefficient (Wildman–Crippen LogP) is -0.495. The van der Waals surface area contributed by atoms with Gasteiger partial charge in [-0.3, -0.25) is 14.2 Å². The van der Waals surface area contributed by atoms with Crippen LogP contribution in [0.4, 0.5) is 0 Å². The molecule has 0 spiro atoms. The fourth-order valence-corrected chi connectivity index (χ4v) is 5.36. The van der Waals surface area contributed by atoms with Crippen LogP contribution in [0.25, 0.3) is 0 Å². The Morgan fingerprint density at radius 3 is 2.47 bits per heavy atom. The molecule has 3 unspecified atom stereocenters. The van der Waals surface area contributed by atoms with Gasteiger partial charge >= 0.3 is 11.7 Å². The molecule has 168 valence electrons. The number of aryl methyl sites for hydroxylation is 1. The predicted molar refractivity (Wildman–Crippen MR) is 116 cm³/mol. The summed E-state index contributed by atoms with van der Waals surface area (Å²) >= 11 is 2.31. The van der Waals surface area contributed by atoms with Gasteiger partial charge in [0, 0.05) is 29.1 Å². The van der Waals surface area contributed by atoms with E-state index >= 15 is 0 Å². The number of nitrogens with zero attached hydrogens (tertiary/aromatic N) is 2. The second-order valence-electron chi connectivity index (χ2n) is 8.20. The van der Waals surface area contributed by atoms with Gasteiger partial charge in [0.1, 0.15) is 23.9 Å². The quantitative estimate of drug-likeness (QED) is 0.256. The van der Waals surface area contributed by atoms with Crippen LogP contribution in [-0.2, 0) is 23.1 Å². The maximum atomic E-state index is 13.0. The summed E-state index contributed by atoms with van der Waals surface area (Å²) in [6.45, 7) is 3.85. The van der Waals surface area contributed by atoms with Crippen LogP contribution in [0.1, 0.15) is 44.8 Å². The topological polar surface area (TPSA) is 157 Å². The Hall–Kier alpha value is -1.28. The summed E-state index contributed by atoms with van der Waals surface area (Å²) in [4.78, 5) is 36.3. The number of aliphatic hydroxyl groups is 2. The van der Waals surface area contributed by atoms with E-state index in [1.165, 1.54) is 17.8 Å². The maximum Gasteiger partial charge on any atom is 0.330 e. The van der Waals surface area contributed by atoms with Crippen molar-refractivity contribution >= 4 is 28.6 Å². The molecular formula is C19H28IN3O7. The number of aliphatic hydroxyl groups excluding tert-OH is 1. The summed E-state index contributed by atoms with van der Waals surface area (Å²) in [6, 6.07) is -1.22. The second kappa shape index (κ2) is 8.01. The summed E-state index contributed by atoms with van der Waals surface area (Å²) in [5.74, 6) is -1.48. The highest BCUT2D eigenvalue weighted by Crippen LogP contribution is 2.66. The van der Waals surface area contributed by atoms with Gasteiger partial charge in [0.25, 0.3) is 5.56 Å². The molecule has 0 radical (unpaired) electrons. The third-order valence-corrected chi connectivity index (χ3v) is 8.78. The zero-order valence-electron chi connectivity index (χ0n) is 17.1. The van der Waals surface area contributed by atoms with Crippen molar-refractivity contribution in [1.82, 2.24) is 9.13 Å². The Morgan fingerprint density at radius 2 is 2.00 bits per heavy atom. The van der Waals surface area contributed by atoms with E-state index in [4.69, 9.17) is 15.6 Å². The zero-order valence-corrected chi connectivity index (χ0v) is 19.3. The van der Waals surface area contributed by atoms with Crippen molar-refractivity contribution in [2.45, 2.75) is 73.0 Å². The van der Waals surface area contributed by atoms with Crippen molar-refractivity contribution in [1.29, 1.82) is 0 Å². The summed E-state index contributed by atoms with van der Waals surface area (Å²) in [6.07, 6.45) is -0.216. The lowest BCUT2D eigenvalue weighted by Gasteiger charge is -2.31. The van der Waals surface area contributed by atoms with E-state index in [0.717, 1.165) is 17.4 Å². The van der Waals surface area contributed by atoms with E-state index < -0.39 is 47.2 Å². The van der Waals surface area contributed by atoms with Gasteiger partial charge in [-0.05, 0) is 19.3 Å². The smallest absolute Gasteiger partial charge is 0.330 e. The number of ether oxygens (including phenoxy) is 1. The molecule has 1 saturated carbocycles. The number of aromatic nitrogens is 2. The molecule has 0 bridgehead atoms. The Kier molecular flexibility index (Phi) is 6.24. The molecule has 10 nitrogen and oxygen atoms in total. The molecule has 1 aromatic rings. The first-order chi connectivity index (χ1) is 13.9. The zero-order chi connectivity index (χ0) is 22.6. The normalized spacial score (nSPS) is 31.4. The molecule has 2 aliphatic rings. The maximum absolute atomic E-state index is 13.0. The van der Waals surface area contributed by atoms with E-state index in [2.05, 4.69) is 22.6 Å².